The van der Waals surface area contributed by atoms with Gasteiger partial charge in [0, 0.05) is 17.1 Å². The standard InChI is InChI=1S/C29H32N2O3/c1-4-34-28-13-12-22(21-9-7-8-20(14-21)19(2)3)16-26(28)29(33)31-24(18-32)15-23-17-30-27-11-6-5-10-25(23)27/h5-14,16-17,19,24,30,32H,4,15,18H2,1-3H3,(H,31,33)/t24-/m1/s1. The first-order chi connectivity index (χ1) is 16.5. The first-order valence-corrected chi connectivity index (χ1v) is 11.8. The number of H-pyrrole nitrogens is 1. The highest BCUT2D eigenvalue weighted by atomic mass is 16.5. The van der Waals surface area contributed by atoms with Gasteiger partial charge < -0.3 is 20.1 Å². The Morgan fingerprint density at radius 1 is 1.03 bits per heavy atom. The average molecular weight is 457 g/mol. The number of rotatable bonds is 9. The first-order valence-electron chi connectivity index (χ1n) is 11.8. The molecule has 4 aromatic rings. The van der Waals surface area contributed by atoms with Gasteiger partial charge in [0.2, 0.25) is 0 Å². The van der Waals surface area contributed by atoms with Gasteiger partial charge in [-0.05, 0) is 59.7 Å². The van der Waals surface area contributed by atoms with Crippen LogP contribution in [0, 0.1) is 0 Å². The van der Waals surface area contributed by atoms with Crippen molar-refractivity contribution in [3.8, 4) is 16.9 Å². The molecule has 1 heterocycles. The number of carbonyl (C=O) groups excluding carboxylic acids is 1. The van der Waals surface area contributed by atoms with Gasteiger partial charge in [-0.3, -0.25) is 4.79 Å². The number of hydrogen-bond donors (Lipinski definition) is 3. The Kier molecular flexibility index (Phi) is 7.33. The van der Waals surface area contributed by atoms with Gasteiger partial charge in [0.05, 0.1) is 24.8 Å². The number of aliphatic hydroxyl groups is 1. The molecule has 0 aliphatic carbocycles. The van der Waals surface area contributed by atoms with Crippen LogP contribution in [0.15, 0.2) is 72.9 Å². The highest BCUT2D eigenvalue weighted by Gasteiger charge is 2.19. The molecule has 0 unspecified atom stereocenters. The summed E-state index contributed by atoms with van der Waals surface area (Å²) >= 11 is 0. The van der Waals surface area contributed by atoms with E-state index in [0.717, 1.165) is 27.6 Å². The number of ether oxygens (including phenoxy) is 1. The Bertz CT molecular complexity index is 1280. The van der Waals surface area contributed by atoms with E-state index in [9.17, 15) is 9.90 Å². The number of benzene rings is 3. The van der Waals surface area contributed by atoms with Crippen LogP contribution in [0.1, 0.15) is 48.2 Å². The molecule has 3 N–H and O–H groups in total. The average Bonchev–Trinajstić information content (AvgIpc) is 3.26. The van der Waals surface area contributed by atoms with E-state index in [0.29, 0.717) is 30.3 Å². The van der Waals surface area contributed by atoms with Crippen LogP contribution >= 0.6 is 0 Å². The van der Waals surface area contributed by atoms with Crippen molar-refractivity contribution >= 4 is 16.8 Å². The van der Waals surface area contributed by atoms with Gasteiger partial charge in [0.15, 0.2) is 0 Å². The monoisotopic (exact) mass is 456 g/mol. The Morgan fingerprint density at radius 2 is 1.82 bits per heavy atom. The van der Waals surface area contributed by atoms with Crippen molar-refractivity contribution in [2.45, 2.75) is 39.2 Å². The second-order valence-corrected chi connectivity index (χ2v) is 8.84. The molecule has 4 rings (SSSR count). The quantitative estimate of drug-likeness (QED) is 0.303. The van der Waals surface area contributed by atoms with Crippen LogP contribution in [0.25, 0.3) is 22.0 Å². The normalized spacial score (nSPS) is 12.1. The third-order valence-electron chi connectivity index (χ3n) is 6.11. The van der Waals surface area contributed by atoms with Gasteiger partial charge in [-0.2, -0.15) is 0 Å². The van der Waals surface area contributed by atoms with Crippen LogP contribution in [0.2, 0.25) is 0 Å². The zero-order valence-corrected chi connectivity index (χ0v) is 20.0. The largest absolute Gasteiger partial charge is 0.493 e. The Morgan fingerprint density at radius 3 is 2.59 bits per heavy atom. The lowest BCUT2D eigenvalue weighted by Gasteiger charge is -2.18. The molecule has 0 aliphatic heterocycles. The summed E-state index contributed by atoms with van der Waals surface area (Å²) in [5.41, 5.74) is 5.81. The number of amides is 1. The second-order valence-electron chi connectivity index (χ2n) is 8.84. The molecule has 0 spiro atoms. The predicted octanol–water partition coefficient (Wildman–Crippen LogP) is 5.69. The SMILES string of the molecule is CCOc1ccc(-c2cccc(C(C)C)c2)cc1C(=O)N[C@@H](CO)Cc1c[nH]c2ccccc12. The van der Waals surface area contributed by atoms with E-state index < -0.39 is 6.04 Å². The number of hydrogen-bond acceptors (Lipinski definition) is 3. The predicted molar refractivity (Wildman–Crippen MR) is 137 cm³/mol. The van der Waals surface area contributed by atoms with Crippen LogP contribution in [-0.4, -0.2) is 35.3 Å². The third kappa shape index (κ3) is 5.15. The van der Waals surface area contributed by atoms with Crippen molar-refractivity contribution in [1.29, 1.82) is 0 Å². The highest BCUT2D eigenvalue weighted by Crippen LogP contribution is 2.29. The molecule has 1 atom stereocenters. The molecule has 1 aromatic heterocycles. The van der Waals surface area contributed by atoms with Crippen molar-refractivity contribution in [3.63, 3.8) is 0 Å². The Labute approximate surface area is 200 Å². The van der Waals surface area contributed by atoms with Crippen molar-refractivity contribution in [1.82, 2.24) is 10.3 Å². The molecule has 0 radical (unpaired) electrons. The lowest BCUT2D eigenvalue weighted by Crippen LogP contribution is -2.39. The van der Waals surface area contributed by atoms with Crippen molar-refractivity contribution in [2.24, 2.45) is 0 Å². The molecule has 0 aliphatic rings. The summed E-state index contributed by atoms with van der Waals surface area (Å²) in [6.07, 6.45) is 2.46. The molecule has 5 heteroatoms. The summed E-state index contributed by atoms with van der Waals surface area (Å²) in [5, 5.41) is 14.1. The zero-order chi connectivity index (χ0) is 24.1. The summed E-state index contributed by atoms with van der Waals surface area (Å²) in [6, 6.07) is 21.7. The highest BCUT2D eigenvalue weighted by molar-refractivity contribution is 5.98. The summed E-state index contributed by atoms with van der Waals surface area (Å²) in [4.78, 5) is 16.6. The molecule has 3 aromatic carbocycles. The van der Waals surface area contributed by atoms with E-state index in [2.05, 4.69) is 42.3 Å². The maximum atomic E-state index is 13.4. The number of aliphatic hydroxyl groups excluding tert-OH is 1. The first kappa shape index (κ1) is 23.6. The van der Waals surface area contributed by atoms with Gasteiger partial charge in [0.1, 0.15) is 5.75 Å². The minimum Gasteiger partial charge on any atom is -0.493 e. The van der Waals surface area contributed by atoms with Crippen molar-refractivity contribution in [2.75, 3.05) is 13.2 Å². The number of nitrogens with one attached hydrogen (secondary N) is 2. The summed E-state index contributed by atoms with van der Waals surface area (Å²) in [6.45, 7) is 6.53. The van der Waals surface area contributed by atoms with E-state index in [1.54, 1.807) is 0 Å². The van der Waals surface area contributed by atoms with Crippen LogP contribution in [0.4, 0.5) is 0 Å². The molecule has 5 nitrogen and oxygen atoms in total. The Hall–Kier alpha value is -3.57. The van der Waals surface area contributed by atoms with E-state index in [1.807, 2.05) is 61.7 Å². The molecule has 0 saturated carbocycles. The minimum absolute atomic E-state index is 0.161. The van der Waals surface area contributed by atoms with Crippen LogP contribution in [0.5, 0.6) is 5.75 Å². The summed E-state index contributed by atoms with van der Waals surface area (Å²) in [5.74, 6) is 0.692. The van der Waals surface area contributed by atoms with Gasteiger partial charge in [-0.25, -0.2) is 0 Å². The van der Waals surface area contributed by atoms with Crippen LogP contribution in [0.3, 0.4) is 0 Å². The summed E-state index contributed by atoms with van der Waals surface area (Å²) < 4.78 is 5.76. The van der Waals surface area contributed by atoms with E-state index in [4.69, 9.17) is 4.74 Å². The minimum atomic E-state index is -0.422. The number of aromatic amines is 1. The maximum absolute atomic E-state index is 13.4. The molecule has 0 bridgehead atoms. The number of fused-ring (bicyclic) bond motifs is 1. The fourth-order valence-electron chi connectivity index (χ4n) is 4.24. The molecular formula is C29H32N2O3. The van der Waals surface area contributed by atoms with Crippen molar-refractivity contribution < 1.29 is 14.6 Å². The number of para-hydroxylation sites is 1. The third-order valence-corrected chi connectivity index (χ3v) is 6.11. The van der Waals surface area contributed by atoms with E-state index in [1.165, 1.54) is 5.56 Å². The van der Waals surface area contributed by atoms with Gasteiger partial charge in [-0.1, -0.05) is 62.4 Å². The fourth-order valence-corrected chi connectivity index (χ4v) is 4.24. The van der Waals surface area contributed by atoms with E-state index >= 15 is 0 Å². The maximum Gasteiger partial charge on any atom is 0.255 e. The lowest BCUT2D eigenvalue weighted by molar-refractivity contribution is 0.0913. The van der Waals surface area contributed by atoms with Gasteiger partial charge in [0.25, 0.3) is 5.91 Å². The molecule has 1 amide bonds. The number of aromatic nitrogens is 1. The molecule has 0 fully saturated rings. The number of carbonyl (C=O) groups is 1. The van der Waals surface area contributed by atoms with Gasteiger partial charge >= 0.3 is 0 Å². The topological polar surface area (TPSA) is 74.3 Å². The smallest absolute Gasteiger partial charge is 0.255 e. The molecule has 0 saturated heterocycles. The molecular weight excluding hydrogens is 424 g/mol. The zero-order valence-electron chi connectivity index (χ0n) is 20.0. The van der Waals surface area contributed by atoms with Gasteiger partial charge in [-0.15, -0.1) is 0 Å². The van der Waals surface area contributed by atoms with Crippen molar-refractivity contribution in [3.05, 3.63) is 89.6 Å². The molecule has 176 valence electrons. The fraction of sp³-hybridized carbons (Fsp3) is 0.276. The van der Waals surface area contributed by atoms with E-state index in [-0.39, 0.29) is 12.5 Å². The van der Waals surface area contributed by atoms with Crippen LogP contribution < -0.4 is 10.1 Å². The van der Waals surface area contributed by atoms with Crippen LogP contribution in [-0.2, 0) is 6.42 Å². The molecule has 34 heavy (non-hydrogen) atoms. The summed E-state index contributed by atoms with van der Waals surface area (Å²) in [7, 11) is 0. The lowest BCUT2D eigenvalue weighted by atomic mass is 9.96. The Balaban J connectivity index is 1.60. The second kappa shape index (κ2) is 10.6.